The second kappa shape index (κ2) is 7.58. The molecule has 0 aliphatic heterocycles. The molecule has 1 aromatic carbocycles. The van der Waals surface area contributed by atoms with Gasteiger partial charge >= 0.3 is 5.97 Å². The van der Waals surface area contributed by atoms with Crippen LogP contribution >= 0.6 is 23.2 Å². The molecule has 0 aromatic heterocycles. The van der Waals surface area contributed by atoms with Gasteiger partial charge in [-0.2, -0.15) is 0 Å². The highest BCUT2D eigenvalue weighted by Crippen LogP contribution is 2.27. The first kappa shape index (κ1) is 16.1. The smallest absolute Gasteiger partial charge is 0.307 e. The van der Waals surface area contributed by atoms with Crippen molar-refractivity contribution >= 4 is 29.2 Å². The molecule has 0 spiro atoms. The molecule has 1 N–H and O–H groups in total. The maximum absolute atomic E-state index is 10.7. The lowest BCUT2D eigenvalue weighted by molar-refractivity contribution is -0.141. The fraction of sp³-hybridized carbons (Fsp3) is 0.462. The number of carbonyl (C=O) groups is 1. The van der Waals surface area contributed by atoms with Crippen LogP contribution in [0.4, 0.5) is 0 Å². The summed E-state index contributed by atoms with van der Waals surface area (Å²) in [6.45, 7) is 3.21. The van der Waals surface area contributed by atoms with Gasteiger partial charge in [-0.25, -0.2) is 0 Å². The molecule has 0 radical (unpaired) electrons. The summed E-state index contributed by atoms with van der Waals surface area (Å²) in [7, 11) is 1.85. The van der Waals surface area contributed by atoms with Gasteiger partial charge in [0.1, 0.15) is 12.4 Å². The monoisotopic (exact) mass is 305 g/mol. The van der Waals surface area contributed by atoms with Gasteiger partial charge < -0.3 is 14.7 Å². The lowest BCUT2D eigenvalue weighted by Gasteiger charge is -2.19. The zero-order valence-corrected chi connectivity index (χ0v) is 12.4. The Balaban J connectivity index is 2.35. The van der Waals surface area contributed by atoms with Crippen molar-refractivity contribution in [2.75, 3.05) is 26.7 Å². The molecule has 1 atom stereocenters. The van der Waals surface area contributed by atoms with Crippen molar-refractivity contribution in [3.8, 4) is 5.75 Å². The maximum Gasteiger partial charge on any atom is 0.307 e. The molecule has 6 heteroatoms. The molecule has 19 heavy (non-hydrogen) atoms. The summed E-state index contributed by atoms with van der Waals surface area (Å²) in [4.78, 5) is 12.6. The molecule has 0 aliphatic rings. The van der Waals surface area contributed by atoms with Crippen LogP contribution < -0.4 is 4.74 Å². The lowest BCUT2D eigenvalue weighted by Crippen LogP contribution is -2.31. The number of hydrogen-bond acceptors (Lipinski definition) is 3. The summed E-state index contributed by atoms with van der Waals surface area (Å²) in [5.74, 6) is -0.622. The second-order valence-corrected chi connectivity index (χ2v) is 5.27. The number of benzene rings is 1. The number of rotatable bonds is 7. The van der Waals surface area contributed by atoms with Crippen molar-refractivity contribution in [3.63, 3.8) is 0 Å². The van der Waals surface area contributed by atoms with E-state index < -0.39 is 11.9 Å². The zero-order chi connectivity index (χ0) is 14.4. The van der Waals surface area contributed by atoms with Gasteiger partial charge in [0, 0.05) is 18.1 Å². The molecule has 0 heterocycles. The van der Waals surface area contributed by atoms with Crippen molar-refractivity contribution in [1.82, 2.24) is 4.90 Å². The molecule has 1 unspecified atom stereocenters. The van der Waals surface area contributed by atoms with Gasteiger partial charge in [0.15, 0.2) is 0 Å². The minimum absolute atomic E-state index is 0.399. The topological polar surface area (TPSA) is 49.8 Å². The molecule has 0 saturated heterocycles. The first-order valence-corrected chi connectivity index (χ1v) is 6.65. The summed E-state index contributed by atoms with van der Waals surface area (Å²) in [6.07, 6.45) is 0. The standard InChI is InChI=1S/C13H17Cl2NO3/c1-9(13(17)18)8-16(2)5-6-19-12-4-3-10(14)7-11(12)15/h3-4,7,9H,5-6,8H2,1-2H3,(H,17,18). The number of likely N-dealkylation sites (N-methyl/N-ethyl adjacent to an activating group) is 1. The van der Waals surface area contributed by atoms with Crippen LogP contribution in [0.2, 0.25) is 10.0 Å². The van der Waals surface area contributed by atoms with Gasteiger partial charge in [-0.05, 0) is 25.2 Å². The lowest BCUT2D eigenvalue weighted by atomic mass is 10.2. The summed E-state index contributed by atoms with van der Waals surface area (Å²) >= 11 is 11.8. The number of carboxylic acids is 1. The zero-order valence-electron chi connectivity index (χ0n) is 10.9. The van der Waals surface area contributed by atoms with E-state index in [4.69, 9.17) is 33.0 Å². The molecule has 0 amide bonds. The number of nitrogens with zero attached hydrogens (tertiary/aromatic N) is 1. The Labute approximate surface area is 122 Å². The highest BCUT2D eigenvalue weighted by atomic mass is 35.5. The van der Waals surface area contributed by atoms with Crippen molar-refractivity contribution in [1.29, 1.82) is 0 Å². The van der Waals surface area contributed by atoms with Crippen molar-refractivity contribution in [2.45, 2.75) is 6.92 Å². The second-order valence-electron chi connectivity index (χ2n) is 4.42. The molecule has 0 bridgehead atoms. The first-order chi connectivity index (χ1) is 8.90. The van der Waals surface area contributed by atoms with Crippen LogP contribution in [0.5, 0.6) is 5.75 Å². The van der Waals surface area contributed by atoms with Crippen molar-refractivity contribution in [3.05, 3.63) is 28.2 Å². The van der Waals surface area contributed by atoms with Crippen LogP contribution in [-0.4, -0.2) is 42.7 Å². The number of carboxylic acid groups (broad SMARTS) is 1. The Bertz CT molecular complexity index is 440. The van der Waals surface area contributed by atoms with Crippen LogP contribution in [0, 0.1) is 5.92 Å². The molecule has 0 saturated carbocycles. The van der Waals surface area contributed by atoms with Gasteiger partial charge in [0.05, 0.1) is 10.9 Å². The SMILES string of the molecule is CC(CN(C)CCOc1ccc(Cl)cc1Cl)C(=O)O. The van der Waals surface area contributed by atoms with E-state index in [-0.39, 0.29) is 0 Å². The van der Waals surface area contributed by atoms with E-state index in [1.165, 1.54) is 0 Å². The quantitative estimate of drug-likeness (QED) is 0.841. The molecule has 0 fully saturated rings. The maximum atomic E-state index is 10.7. The van der Waals surface area contributed by atoms with Crippen LogP contribution in [0.1, 0.15) is 6.92 Å². The third-order valence-electron chi connectivity index (χ3n) is 2.63. The molecular formula is C13H17Cl2NO3. The fourth-order valence-electron chi connectivity index (χ4n) is 1.54. The molecule has 0 aliphatic carbocycles. The molecular weight excluding hydrogens is 289 g/mol. The van der Waals surface area contributed by atoms with Gasteiger partial charge in [0.2, 0.25) is 0 Å². The minimum atomic E-state index is -0.798. The Kier molecular flexibility index (Phi) is 6.42. The van der Waals surface area contributed by atoms with E-state index in [0.717, 1.165) is 0 Å². The molecule has 1 aromatic rings. The van der Waals surface area contributed by atoms with Gasteiger partial charge in [-0.3, -0.25) is 4.79 Å². The summed E-state index contributed by atoms with van der Waals surface area (Å²) in [6, 6.07) is 5.04. The van der Waals surface area contributed by atoms with E-state index in [1.54, 1.807) is 25.1 Å². The van der Waals surface area contributed by atoms with E-state index in [9.17, 15) is 4.79 Å². The van der Waals surface area contributed by atoms with Crippen LogP contribution in [0.15, 0.2) is 18.2 Å². The van der Waals surface area contributed by atoms with Crippen LogP contribution in [0.25, 0.3) is 0 Å². The largest absolute Gasteiger partial charge is 0.491 e. The normalized spacial score (nSPS) is 12.5. The first-order valence-electron chi connectivity index (χ1n) is 5.89. The average Bonchev–Trinajstić information content (AvgIpc) is 2.31. The Morgan fingerprint density at radius 2 is 2.16 bits per heavy atom. The highest BCUT2D eigenvalue weighted by molar-refractivity contribution is 6.35. The number of aliphatic carboxylic acids is 1. The minimum Gasteiger partial charge on any atom is -0.491 e. The average molecular weight is 306 g/mol. The molecule has 1 rings (SSSR count). The van der Waals surface area contributed by atoms with Crippen molar-refractivity contribution in [2.24, 2.45) is 5.92 Å². The van der Waals surface area contributed by atoms with E-state index in [1.807, 2.05) is 11.9 Å². The van der Waals surface area contributed by atoms with E-state index in [0.29, 0.717) is 35.5 Å². The van der Waals surface area contributed by atoms with Crippen LogP contribution in [-0.2, 0) is 4.79 Å². The van der Waals surface area contributed by atoms with Gasteiger partial charge in [-0.1, -0.05) is 30.1 Å². The molecule has 106 valence electrons. The predicted molar refractivity (Wildman–Crippen MR) is 76.3 cm³/mol. The van der Waals surface area contributed by atoms with Gasteiger partial charge in [-0.15, -0.1) is 0 Å². The highest BCUT2D eigenvalue weighted by Gasteiger charge is 2.13. The Hall–Kier alpha value is -0.970. The predicted octanol–water partition coefficient (Wildman–Crippen LogP) is 3.02. The Morgan fingerprint density at radius 3 is 2.74 bits per heavy atom. The molecule has 4 nitrogen and oxygen atoms in total. The summed E-state index contributed by atoms with van der Waals surface area (Å²) in [5.41, 5.74) is 0. The van der Waals surface area contributed by atoms with E-state index >= 15 is 0 Å². The third kappa shape index (κ3) is 5.68. The third-order valence-corrected chi connectivity index (χ3v) is 3.16. The van der Waals surface area contributed by atoms with Crippen LogP contribution in [0.3, 0.4) is 0 Å². The Morgan fingerprint density at radius 1 is 1.47 bits per heavy atom. The number of hydrogen-bond donors (Lipinski definition) is 1. The number of halogens is 2. The van der Waals surface area contributed by atoms with E-state index in [2.05, 4.69) is 0 Å². The van der Waals surface area contributed by atoms with Gasteiger partial charge in [0.25, 0.3) is 0 Å². The fourth-order valence-corrected chi connectivity index (χ4v) is 2.00. The number of ether oxygens (including phenoxy) is 1. The summed E-state index contributed by atoms with van der Waals surface area (Å²) < 4.78 is 5.52. The summed E-state index contributed by atoms with van der Waals surface area (Å²) in [5, 5.41) is 9.84. The van der Waals surface area contributed by atoms with Crippen molar-refractivity contribution < 1.29 is 14.6 Å².